The Bertz CT molecular complexity index is 2810. The zero-order chi connectivity index (χ0) is 34.8. The number of benzene rings is 7. The minimum absolute atomic E-state index is 0.126. The van der Waals surface area contributed by atoms with Gasteiger partial charge in [-0.2, -0.15) is 0 Å². The van der Waals surface area contributed by atoms with Gasteiger partial charge in [-0.25, -0.2) is 9.97 Å². The van der Waals surface area contributed by atoms with E-state index in [1.807, 2.05) is 11.3 Å². The third-order valence-corrected chi connectivity index (χ3v) is 12.0. The van der Waals surface area contributed by atoms with E-state index in [1.54, 1.807) is 0 Å². The van der Waals surface area contributed by atoms with Crippen LogP contribution in [0.25, 0.3) is 87.5 Å². The highest BCUT2D eigenvalue weighted by atomic mass is 32.1. The van der Waals surface area contributed by atoms with Crippen LogP contribution in [0.3, 0.4) is 0 Å². The van der Waals surface area contributed by atoms with Crippen LogP contribution in [0.4, 0.5) is 0 Å². The molecule has 0 saturated heterocycles. The lowest BCUT2D eigenvalue weighted by molar-refractivity contribution is 0.660. The average Bonchev–Trinajstić information content (AvgIpc) is 3.70. The van der Waals surface area contributed by atoms with Crippen molar-refractivity contribution in [1.29, 1.82) is 0 Å². The van der Waals surface area contributed by atoms with Gasteiger partial charge in [0.2, 0.25) is 0 Å². The van der Waals surface area contributed by atoms with E-state index in [2.05, 4.69) is 184 Å². The van der Waals surface area contributed by atoms with Gasteiger partial charge < -0.3 is 0 Å². The second-order valence-corrected chi connectivity index (χ2v) is 15.2. The van der Waals surface area contributed by atoms with Gasteiger partial charge in [0, 0.05) is 42.3 Å². The molecular formula is C49H34N2S. The molecule has 1 aliphatic rings. The lowest BCUT2D eigenvalue weighted by Crippen LogP contribution is -2.15. The first kappa shape index (κ1) is 30.6. The average molecular weight is 683 g/mol. The fourth-order valence-electron chi connectivity index (χ4n) is 8.08. The maximum absolute atomic E-state index is 5.43. The van der Waals surface area contributed by atoms with Gasteiger partial charge in [-0.1, -0.05) is 159 Å². The monoisotopic (exact) mass is 682 g/mol. The van der Waals surface area contributed by atoms with Crippen molar-refractivity contribution in [2.24, 2.45) is 0 Å². The first-order valence-corrected chi connectivity index (χ1v) is 18.6. The molecule has 0 saturated carbocycles. The van der Waals surface area contributed by atoms with Crippen LogP contribution in [0.5, 0.6) is 0 Å². The minimum Gasteiger partial charge on any atom is -0.228 e. The predicted molar refractivity (Wildman–Crippen MR) is 220 cm³/mol. The Morgan fingerprint density at radius 2 is 1.02 bits per heavy atom. The first-order chi connectivity index (χ1) is 25.5. The second-order valence-electron chi connectivity index (χ2n) is 14.2. The standard InChI is InChI=1S/C49H34N2S/c1-49(2)42-22-11-9-18-35(42)36-26-25-34(29-43(36)49)48-50-44(30-45(51-48)40-21-13-20-39-38-19-10-12-23-46(38)52-47(39)40)37-27-24-33(31-14-5-3-6-15-31)28-41(37)32-16-7-4-8-17-32/h3-30H,1-2H3. The molecule has 2 heterocycles. The molecule has 1 aliphatic carbocycles. The van der Waals surface area contributed by atoms with E-state index in [9.17, 15) is 0 Å². The fraction of sp³-hybridized carbons (Fsp3) is 0.0612. The number of fused-ring (bicyclic) bond motifs is 6. The zero-order valence-corrected chi connectivity index (χ0v) is 29.8. The van der Waals surface area contributed by atoms with Gasteiger partial charge in [-0.3, -0.25) is 0 Å². The van der Waals surface area contributed by atoms with Gasteiger partial charge in [0.1, 0.15) is 0 Å². The van der Waals surface area contributed by atoms with Crippen LogP contribution in [-0.4, -0.2) is 9.97 Å². The Hall–Kier alpha value is -6.16. The molecule has 0 radical (unpaired) electrons. The van der Waals surface area contributed by atoms with Crippen molar-refractivity contribution < 1.29 is 0 Å². The molecule has 3 heteroatoms. The Kier molecular flexibility index (Phi) is 7.06. The van der Waals surface area contributed by atoms with Crippen LogP contribution in [0.1, 0.15) is 25.0 Å². The molecule has 7 aromatic carbocycles. The van der Waals surface area contributed by atoms with Gasteiger partial charge in [0.15, 0.2) is 5.82 Å². The zero-order valence-electron chi connectivity index (χ0n) is 29.0. The molecule has 0 N–H and O–H groups in total. The van der Waals surface area contributed by atoms with E-state index >= 15 is 0 Å². The Morgan fingerprint density at radius 1 is 0.404 bits per heavy atom. The maximum Gasteiger partial charge on any atom is 0.160 e. The van der Waals surface area contributed by atoms with Crippen LogP contribution < -0.4 is 0 Å². The van der Waals surface area contributed by atoms with Crippen molar-refractivity contribution >= 4 is 31.5 Å². The van der Waals surface area contributed by atoms with Crippen LogP contribution in [-0.2, 0) is 5.41 Å². The molecule has 0 fully saturated rings. The molecule has 246 valence electrons. The summed E-state index contributed by atoms with van der Waals surface area (Å²) < 4.78 is 2.52. The third-order valence-electron chi connectivity index (χ3n) is 10.7. The largest absolute Gasteiger partial charge is 0.228 e. The van der Waals surface area contributed by atoms with Crippen LogP contribution >= 0.6 is 11.3 Å². The normalized spacial score (nSPS) is 13.0. The molecule has 9 aromatic rings. The topological polar surface area (TPSA) is 25.8 Å². The summed E-state index contributed by atoms with van der Waals surface area (Å²) in [5, 5.41) is 2.54. The van der Waals surface area contributed by atoms with Gasteiger partial charge in [0.25, 0.3) is 0 Å². The van der Waals surface area contributed by atoms with Crippen molar-refractivity contribution in [3.63, 3.8) is 0 Å². The Labute approximate surface area is 307 Å². The van der Waals surface area contributed by atoms with Crippen molar-refractivity contribution in [2.45, 2.75) is 19.3 Å². The molecule has 0 aliphatic heterocycles. The minimum atomic E-state index is -0.126. The molecule has 2 nitrogen and oxygen atoms in total. The molecule has 0 amide bonds. The quantitative estimate of drug-likeness (QED) is 0.181. The number of hydrogen-bond acceptors (Lipinski definition) is 3. The van der Waals surface area contributed by atoms with Crippen LogP contribution in [0, 0.1) is 0 Å². The molecule has 0 atom stereocenters. The summed E-state index contributed by atoms with van der Waals surface area (Å²) in [5.41, 5.74) is 14.9. The molecule has 10 rings (SSSR count). The lowest BCUT2D eigenvalue weighted by Gasteiger charge is -2.22. The molecule has 0 bridgehead atoms. The van der Waals surface area contributed by atoms with E-state index in [-0.39, 0.29) is 5.41 Å². The Morgan fingerprint density at radius 3 is 1.85 bits per heavy atom. The summed E-state index contributed by atoms with van der Waals surface area (Å²) in [6.45, 7) is 4.65. The fourth-order valence-corrected chi connectivity index (χ4v) is 9.30. The Balaban J connectivity index is 1.22. The predicted octanol–water partition coefficient (Wildman–Crippen LogP) is 13.5. The van der Waals surface area contributed by atoms with Crippen molar-refractivity contribution in [1.82, 2.24) is 9.97 Å². The lowest BCUT2D eigenvalue weighted by atomic mass is 9.82. The van der Waals surface area contributed by atoms with E-state index in [0.29, 0.717) is 0 Å². The number of aromatic nitrogens is 2. The summed E-state index contributed by atoms with van der Waals surface area (Å²) in [5.74, 6) is 0.728. The van der Waals surface area contributed by atoms with E-state index in [1.165, 1.54) is 53.6 Å². The number of hydrogen-bond donors (Lipinski definition) is 0. The SMILES string of the molecule is CC1(C)c2ccccc2-c2ccc(-c3nc(-c4ccc(-c5ccccc5)cc4-c4ccccc4)cc(-c4cccc5c4sc4ccccc45)n3)cc21. The summed E-state index contributed by atoms with van der Waals surface area (Å²) in [6, 6.07) is 61.1. The number of thiophene rings is 1. The van der Waals surface area contributed by atoms with E-state index in [0.717, 1.165) is 45.0 Å². The summed E-state index contributed by atoms with van der Waals surface area (Å²) in [4.78, 5) is 10.8. The van der Waals surface area contributed by atoms with E-state index in [4.69, 9.17) is 9.97 Å². The van der Waals surface area contributed by atoms with Crippen molar-refractivity contribution in [2.75, 3.05) is 0 Å². The van der Waals surface area contributed by atoms with Crippen LogP contribution in [0.15, 0.2) is 170 Å². The first-order valence-electron chi connectivity index (χ1n) is 17.8. The van der Waals surface area contributed by atoms with Gasteiger partial charge in [0.05, 0.1) is 11.4 Å². The van der Waals surface area contributed by atoms with Crippen molar-refractivity contribution in [3.05, 3.63) is 181 Å². The number of nitrogens with zero attached hydrogens (tertiary/aromatic N) is 2. The van der Waals surface area contributed by atoms with Crippen LogP contribution in [0.2, 0.25) is 0 Å². The summed E-state index contributed by atoms with van der Waals surface area (Å²) >= 11 is 1.83. The molecule has 0 unspecified atom stereocenters. The maximum atomic E-state index is 5.43. The second kappa shape index (κ2) is 12.0. The molecule has 2 aromatic heterocycles. The highest BCUT2D eigenvalue weighted by Crippen LogP contribution is 2.50. The molecule has 52 heavy (non-hydrogen) atoms. The molecular weight excluding hydrogens is 649 g/mol. The smallest absolute Gasteiger partial charge is 0.160 e. The summed E-state index contributed by atoms with van der Waals surface area (Å²) in [7, 11) is 0. The van der Waals surface area contributed by atoms with Gasteiger partial charge in [-0.05, 0) is 68.8 Å². The highest BCUT2D eigenvalue weighted by molar-refractivity contribution is 7.26. The highest BCUT2D eigenvalue weighted by Gasteiger charge is 2.35. The number of rotatable bonds is 5. The third kappa shape index (κ3) is 4.92. The van der Waals surface area contributed by atoms with Gasteiger partial charge in [-0.15, -0.1) is 11.3 Å². The van der Waals surface area contributed by atoms with Crippen molar-refractivity contribution in [3.8, 4) is 67.3 Å². The molecule has 0 spiro atoms. The van der Waals surface area contributed by atoms with Gasteiger partial charge >= 0.3 is 0 Å². The van der Waals surface area contributed by atoms with E-state index < -0.39 is 0 Å². The summed E-state index contributed by atoms with van der Waals surface area (Å²) in [6.07, 6.45) is 0.